The van der Waals surface area contributed by atoms with E-state index >= 15 is 0 Å². The SMILES string of the molecule is CCCCCCC#Cc1ccccc1/C=N/N1CCc2ccccc21. The molecule has 2 aromatic carbocycles. The van der Waals surface area contributed by atoms with Crippen LogP contribution in [0.2, 0.25) is 0 Å². The zero-order chi connectivity index (χ0) is 17.3. The lowest BCUT2D eigenvalue weighted by molar-refractivity contribution is 0.679. The first kappa shape index (κ1) is 17.3. The molecule has 0 amide bonds. The van der Waals surface area contributed by atoms with E-state index in [2.05, 4.69) is 60.2 Å². The normalized spacial score (nSPS) is 12.9. The number of hydrogen-bond acceptors (Lipinski definition) is 2. The number of unbranched alkanes of at least 4 members (excludes halogenated alkanes) is 4. The Balaban J connectivity index is 1.66. The van der Waals surface area contributed by atoms with Gasteiger partial charge in [0, 0.05) is 24.1 Å². The highest BCUT2D eigenvalue weighted by molar-refractivity contribution is 5.84. The van der Waals surface area contributed by atoms with E-state index in [1.165, 1.54) is 36.9 Å². The maximum atomic E-state index is 4.70. The molecule has 0 radical (unpaired) electrons. The van der Waals surface area contributed by atoms with E-state index in [0.717, 1.165) is 30.5 Å². The van der Waals surface area contributed by atoms with Gasteiger partial charge in [0.15, 0.2) is 0 Å². The zero-order valence-corrected chi connectivity index (χ0v) is 15.0. The number of hydrogen-bond donors (Lipinski definition) is 0. The van der Waals surface area contributed by atoms with Crippen LogP contribution in [0.1, 0.15) is 55.7 Å². The molecule has 0 aliphatic carbocycles. The first-order valence-electron chi connectivity index (χ1n) is 9.36. The largest absolute Gasteiger partial charge is 0.265 e. The highest BCUT2D eigenvalue weighted by Gasteiger charge is 2.16. The van der Waals surface area contributed by atoms with Gasteiger partial charge >= 0.3 is 0 Å². The summed E-state index contributed by atoms with van der Waals surface area (Å²) in [6.45, 7) is 3.18. The Morgan fingerprint density at radius 3 is 2.80 bits per heavy atom. The van der Waals surface area contributed by atoms with Crippen molar-refractivity contribution in [3.05, 3.63) is 65.2 Å². The smallest absolute Gasteiger partial charge is 0.0626 e. The molecule has 1 heterocycles. The minimum absolute atomic E-state index is 0.946. The number of hydrazone groups is 1. The van der Waals surface area contributed by atoms with Gasteiger partial charge < -0.3 is 0 Å². The van der Waals surface area contributed by atoms with Crippen LogP contribution in [0.25, 0.3) is 0 Å². The van der Waals surface area contributed by atoms with Crippen LogP contribution < -0.4 is 5.01 Å². The van der Waals surface area contributed by atoms with Crippen molar-refractivity contribution < 1.29 is 0 Å². The minimum atomic E-state index is 0.946. The maximum Gasteiger partial charge on any atom is 0.0626 e. The Hall–Kier alpha value is -2.53. The predicted molar refractivity (Wildman–Crippen MR) is 107 cm³/mol. The molecule has 128 valence electrons. The summed E-state index contributed by atoms with van der Waals surface area (Å²) < 4.78 is 0. The molecule has 2 heteroatoms. The predicted octanol–water partition coefficient (Wildman–Crippen LogP) is 5.41. The van der Waals surface area contributed by atoms with Crippen LogP contribution in [0.3, 0.4) is 0 Å². The molecule has 0 atom stereocenters. The van der Waals surface area contributed by atoms with Gasteiger partial charge in [0.05, 0.1) is 11.9 Å². The highest BCUT2D eigenvalue weighted by Crippen LogP contribution is 2.27. The number of rotatable bonds is 6. The molecule has 3 rings (SSSR count). The lowest BCUT2D eigenvalue weighted by Crippen LogP contribution is -2.12. The lowest BCUT2D eigenvalue weighted by Gasteiger charge is -2.12. The quantitative estimate of drug-likeness (QED) is 0.393. The van der Waals surface area contributed by atoms with Crippen molar-refractivity contribution >= 4 is 11.9 Å². The Morgan fingerprint density at radius 2 is 1.88 bits per heavy atom. The molecule has 0 fully saturated rings. The Morgan fingerprint density at radius 1 is 1.04 bits per heavy atom. The van der Waals surface area contributed by atoms with E-state index in [9.17, 15) is 0 Å². The third kappa shape index (κ3) is 4.73. The van der Waals surface area contributed by atoms with Crippen molar-refractivity contribution in [1.29, 1.82) is 0 Å². The molecule has 0 saturated heterocycles. The van der Waals surface area contributed by atoms with Gasteiger partial charge in [-0.15, -0.1) is 0 Å². The van der Waals surface area contributed by atoms with Gasteiger partial charge in [-0.2, -0.15) is 5.10 Å². The van der Waals surface area contributed by atoms with Gasteiger partial charge in [-0.25, -0.2) is 0 Å². The summed E-state index contributed by atoms with van der Waals surface area (Å²) in [5, 5.41) is 6.79. The Bertz CT molecular complexity index is 780. The third-order valence-electron chi connectivity index (χ3n) is 4.54. The van der Waals surface area contributed by atoms with Crippen molar-refractivity contribution in [1.82, 2.24) is 0 Å². The van der Waals surface area contributed by atoms with Crippen molar-refractivity contribution in [3.63, 3.8) is 0 Å². The first-order chi connectivity index (χ1) is 12.4. The second-order valence-electron chi connectivity index (χ2n) is 6.45. The van der Waals surface area contributed by atoms with E-state index in [4.69, 9.17) is 5.10 Å². The molecular formula is C23H26N2. The van der Waals surface area contributed by atoms with E-state index in [1.54, 1.807) is 0 Å². The van der Waals surface area contributed by atoms with Crippen molar-refractivity contribution in [3.8, 4) is 11.8 Å². The Kier molecular flexibility index (Phi) is 6.29. The van der Waals surface area contributed by atoms with Gasteiger partial charge in [0.1, 0.15) is 0 Å². The van der Waals surface area contributed by atoms with Crippen LogP contribution in [0, 0.1) is 11.8 Å². The van der Waals surface area contributed by atoms with E-state index in [0.29, 0.717) is 0 Å². The van der Waals surface area contributed by atoms with Crippen LogP contribution in [0.5, 0.6) is 0 Å². The molecule has 25 heavy (non-hydrogen) atoms. The topological polar surface area (TPSA) is 15.6 Å². The molecule has 0 N–H and O–H groups in total. The summed E-state index contributed by atoms with van der Waals surface area (Å²) >= 11 is 0. The zero-order valence-electron chi connectivity index (χ0n) is 15.0. The van der Waals surface area contributed by atoms with Crippen LogP contribution in [0.4, 0.5) is 5.69 Å². The third-order valence-corrected chi connectivity index (χ3v) is 4.54. The van der Waals surface area contributed by atoms with Crippen LogP contribution in [-0.4, -0.2) is 12.8 Å². The van der Waals surface area contributed by atoms with Crippen molar-refractivity contribution in [2.45, 2.75) is 45.4 Å². The molecule has 0 saturated carbocycles. The molecule has 1 aliphatic rings. The molecule has 0 spiro atoms. The van der Waals surface area contributed by atoms with E-state index in [-0.39, 0.29) is 0 Å². The lowest BCUT2D eigenvalue weighted by atomic mass is 10.1. The van der Waals surface area contributed by atoms with Gasteiger partial charge in [0.2, 0.25) is 0 Å². The average Bonchev–Trinajstić information content (AvgIpc) is 3.07. The highest BCUT2D eigenvalue weighted by atomic mass is 15.5. The van der Waals surface area contributed by atoms with E-state index in [1.807, 2.05) is 18.3 Å². The summed E-state index contributed by atoms with van der Waals surface area (Å²) in [4.78, 5) is 0. The summed E-state index contributed by atoms with van der Waals surface area (Å²) in [6, 6.07) is 16.8. The molecule has 2 aromatic rings. The monoisotopic (exact) mass is 330 g/mol. The number of benzene rings is 2. The van der Waals surface area contributed by atoms with Gasteiger partial charge in [-0.05, 0) is 30.5 Å². The fourth-order valence-corrected chi connectivity index (χ4v) is 3.09. The first-order valence-corrected chi connectivity index (χ1v) is 9.36. The number of anilines is 1. The Labute approximate surface area is 151 Å². The summed E-state index contributed by atoms with van der Waals surface area (Å²) in [6.07, 6.45) is 9.04. The van der Waals surface area contributed by atoms with E-state index < -0.39 is 0 Å². The fraction of sp³-hybridized carbons (Fsp3) is 0.348. The van der Waals surface area contributed by atoms with Gasteiger partial charge in [0.25, 0.3) is 0 Å². The maximum absolute atomic E-state index is 4.70. The fourth-order valence-electron chi connectivity index (χ4n) is 3.09. The molecule has 0 bridgehead atoms. The van der Waals surface area contributed by atoms with Crippen molar-refractivity contribution in [2.75, 3.05) is 11.6 Å². The summed E-state index contributed by atoms with van der Waals surface area (Å²) in [7, 11) is 0. The number of fused-ring (bicyclic) bond motifs is 1. The van der Waals surface area contributed by atoms with Crippen LogP contribution >= 0.6 is 0 Å². The number of nitrogens with zero attached hydrogens (tertiary/aromatic N) is 2. The summed E-state index contributed by atoms with van der Waals surface area (Å²) in [5.74, 6) is 6.64. The summed E-state index contributed by atoms with van der Waals surface area (Å²) in [5.41, 5.74) is 4.75. The average molecular weight is 330 g/mol. The van der Waals surface area contributed by atoms with Crippen LogP contribution in [-0.2, 0) is 6.42 Å². The standard InChI is InChI=1S/C23H26N2/c1-2-3-4-5-6-7-12-20-13-8-9-15-22(20)19-24-25-18-17-21-14-10-11-16-23(21)25/h8-11,13-16,19H,2-6,17-18H2,1H3/b24-19+. The van der Waals surface area contributed by atoms with Gasteiger partial charge in [-0.1, -0.05) is 74.4 Å². The molecular weight excluding hydrogens is 304 g/mol. The molecule has 1 aliphatic heterocycles. The molecule has 2 nitrogen and oxygen atoms in total. The second-order valence-corrected chi connectivity index (χ2v) is 6.45. The number of para-hydroxylation sites is 1. The molecule has 0 aromatic heterocycles. The van der Waals surface area contributed by atoms with Crippen LogP contribution in [0.15, 0.2) is 53.6 Å². The molecule has 0 unspecified atom stereocenters. The minimum Gasteiger partial charge on any atom is -0.265 e. The second kappa shape index (κ2) is 9.08. The van der Waals surface area contributed by atoms with Crippen molar-refractivity contribution in [2.24, 2.45) is 5.10 Å². The van der Waals surface area contributed by atoms with Gasteiger partial charge in [-0.3, -0.25) is 5.01 Å².